The summed E-state index contributed by atoms with van der Waals surface area (Å²) < 4.78 is 21.4. The zero-order valence-corrected chi connectivity index (χ0v) is 29.6. The number of aliphatic hydroxyl groups excluding tert-OH is 1. The SMILES string of the molecule is CC(C)(C)[Si](OC[C@@]12CO[C@@H]([C@H](O[Si](c3ccccc3)(c3ccccc3)C(C)(C)C)C1)[C@@H]2O)(c1ccccc1)c1ccccc1. The fourth-order valence-electron chi connectivity index (χ4n) is 8.02. The van der Waals surface area contributed by atoms with Gasteiger partial charge in [0.2, 0.25) is 0 Å². The molecule has 2 bridgehead atoms. The molecule has 0 amide bonds. The van der Waals surface area contributed by atoms with Crippen molar-refractivity contribution in [1.82, 2.24) is 0 Å². The first-order valence-electron chi connectivity index (χ1n) is 16.3. The van der Waals surface area contributed by atoms with Crippen molar-refractivity contribution < 1.29 is 18.7 Å². The van der Waals surface area contributed by atoms with Crippen LogP contribution in [0.5, 0.6) is 0 Å². The summed E-state index contributed by atoms with van der Waals surface area (Å²) in [4.78, 5) is 0. The van der Waals surface area contributed by atoms with E-state index in [9.17, 15) is 5.11 Å². The van der Waals surface area contributed by atoms with Crippen LogP contribution in [0.2, 0.25) is 10.1 Å². The van der Waals surface area contributed by atoms with E-state index in [2.05, 4.69) is 163 Å². The minimum absolute atomic E-state index is 0.153. The lowest BCUT2D eigenvalue weighted by atomic mass is 9.87. The first-order valence-corrected chi connectivity index (χ1v) is 20.1. The van der Waals surface area contributed by atoms with E-state index < -0.39 is 34.3 Å². The van der Waals surface area contributed by atoms with Gasteiger partial charge in [-0.2, -0.15) is 0 Å². The van der Waals surface area contributed by atoms with Gasteiger partial charge in [-0.05, 0) is 37.2 Å². The van der Waals surface area contributed by atoms with Crippen molar-refractivity contribution in [3.05, 3.63) is 121 Å². The first kappa shape index (κ1) is 32.1. The van der Waals surface area contributed by atoms with E-state index in [1.807, 2.05) is 0 Å². The monoisotopic (exact) mass is 636 g/mol. The molecule has 0 unspecified atom stereocenters. The number of hydrogen-bond acceptors (Lipinski definition) is 4. The van der Waals surface area contributed by atoms with E-state index in [0.29, 0.717) is 19.6 Å². The largest absolute Gasteiger partial charge is 0.407 e. The van der Waals surface area contributed by atoms with Crippen LogP contribution in [0.25, 0.3) is 0 Å². The Hall–Kier alpha value is -2.85. The molecule has 4 aromatic carbocycles. The highest BCUT2D eigenvalue weighted by molar-refractivity contribution is 7.00. The molecular weight excluding hydrogens is 589 g/mol. The second kappa shape index (κ2) is 12.1. The lowest BCUT2D eigenvalue weighted by Gasteiger charge is -2.47. The van der Waals surface area contributed by atoms with Crippen LogP contribution in [0.4, 0.5) is 0 Å². The molecule has 236 valence electrons. The number of aliphatic hydroxyl groups is 1. The molecule has 1 saturated carbocycles. The molecule has 6 rings (SSSR count). The fourth-order valence-corrected chi connectivity index (χ4v) is 17.4. The highest BCUT2D eigenvalue weighted by Gasteiger charge is 2.64. The number of hydrogen-bond donors (Lipinski definition) is 1. The van der Waals surface area contributed by atoms with Crippen LogP contribution in [0.1, 0.15) is 48.0 Å². The predicted molar refractivity (Wildman–Crippen MR) is 189 cm³/mol. The van der Waals surface area contributed by atoms with Crippen molar-refractivity contribution >= 4 is 37.4 Å². The number of benzene rings is 4. The minimum Gasteiger partial charge on any atom is -0.407 e. The van der Waals surface area contributed by atoms with Crippen LogP contribution < -0.4 is 20.7 Å². The normalized spacial score (nSPS) is 23.8. The summed E-state index contributed by atoms with van der Waals surface area (Å²) >= 11 is 0. The average molecular weight is 637 g/mol. The van der Waals surface area contributed by atoms with E-state index >= 15 is 0 Å². The molecule has 2 aliphatic rings. The van der Waals surface area contributed by atoms with Gasteiger partial charge in [-0.3, -0.25) is 0 Å². The van der Waals surface area contributed by atoms with Crippen LogP contribution >= 0.6 is 0 Å². The predicted octanol–water partition coefficient (Wildman–Crippen LogP) is 5.66. The quantitative estimate of drug-likeness (QED) is 0.241. The lowest BCUT2D eigenvalue weighted by molar-refractivity contribution is -0.0448. The van der Waals surface area contributed by atoms with Gasteiger partial charge < -0.3 is 18.7 Å². The second-order valence-electron chi connectivity index (χ2n) is 15.1. The zero-order chi connectivity index (χ0) is 31.9. The van der Waals surface area contributed by atoms with Gasteiger partial charge in [0.25, 0.3) is 16.6 Å². The van der Waals surface area contributed by atoms with E-state index in [1.54, 1.807) is 0 Å². The molecule has 2 fully saturated rings. The van der Waals surface area contributed by atoms with Crippen LogP contribution in [0, 0.1) is 5.41 Å². The Morgan fingerprint density at radius 1 is 0.644 bits per heavy atom. The standard InChI is InChI=1S/C39H48O4Si2/c1-37(2,3)44(30-19-11-7-12-20-30,31-21-13-8-14-22-31)42-29-39-27-34(35(36(39)40)41-28-39)43-45(38(4,5)6,32-23-15-9-16-24-32)33-25-17-10-18-26-33/h7-26,34-36,40H,27-29H2,1-6H3/t34-,35+,36+,39+/m1/s1. The van der Waals surface area contributed by atoms with Crippen molar-refractivity contribution in [1.29, 1.82) is 0 Å². The Morgan fingerprint density at radius 3 is 1.40 bits per heavy atom. The summed E-state index contributed by atoms with van der Waals surface area (Å²) in [6.07, 6.45) is -0.613. The zero-order valence-electron chi connectivity index (χ0n) is 27.6. The molecule has 4 aromatic rings. The van der Waals surface area contributed by atoms with Crippen LogP contribution in [0.15, 0.2) is 121 Å². The maximum atomic E-state index is 12.0. The maximum Gasteiger partial charge on any atom is 0.261 e. The highest BCUT2D eigenvalue weighted by atomic mass is 28.4. The van der Waals surface area contributed by atoms with Gasteiger partial charge in [0.15, 0.2) is 0 Å². The summed E-state index contributed by atoms with van der Waals surface area (Å²) in [6.45, 7) is 14.7. The Balaban J connectivity index is 1.38. The lowest BCUT2D eigenvalue weighted by Crippen LogP contribution is -2.68. The van der Waals surface area contributed by atoms with Crippen molar-refractivity contribution in [3.63, 3.8) is 0 Å². The third-order valence-electron chi connectivity index (χ3n) is 10.2. The smallest absolute Gasteiger partial charge is 0.261 e. The van der Waals surface area contributed by atoms with Crippen molar-refractivity contribution in [2.45, 2.75) is 76.4 Å². The molecule has 1 aliphatic heterocycles. The molecule has 1 aliphatic carbocycles. The fraction of sp³-hybridized carbons (Fsp3) is 0.385. The second-order valence-corrected chi connectivity index (χ2v) is 23.6. The Labute approximate surface area is 271 Å². The Morgan fingerprint density at radius 2 is 1.02 bits per heavy atom. The summed E-state index contributed by atoms with van der Waals surface area (Å²) in [5.41, 5.74) is -0.548. The van der Waals surface area contributed by atoms with Gasteiger partial charge in [0.1, 0.15) is 6.10 Å². The van der Waals surface area contributed by atoms with Gasteiger partial charge in [-0.1, -0.05) is 163 Å². The van der Waals surface area contributed by atoms with Crippen LogP contribution in [-0.2, 0) is 13.6 Å². The summed E-state index contributed by atoms with van der Waals surface area (Å²) in [6, 6.07) is 42.9. The van der Waals surface area contributed by atoms with Gasteiger partial charge in [-0.25, -0.2) is 0 Å². The van der Waals surface area contributed by atoms with Gasteiger partial charge in [0.05, 0.1) is 18.8 Å². The molecule has 4 atom stereocenters. The molecule has 45 heavy (non-hydrogen) atoms. The minimum atomic E-state index is -2.83. The van der Waals surface area contributed by atoms with Crippen LogP contribution in [-0.4, -0.2) is 53.3 Å². The maximum absolute atomic E-state index is 12.0. The van der Waals surface area contributed by atoms with Crippen molar-refractivity contribution in [2.24, 2.45) is 5.41 Å². The summed E-state index contributed by atoms with van der Waals surface area (Å²) in [5.74, 6) is 0. The van der Waals surface area contributed by atoms with Crippen molar-refractivity contribution in [2.75, 3.05) is 13.2 Å². The molecule has 6 heteroatoms. The van der Waals surface area contributed by atoms with E-state index in [1.165, 1.54) is 20.7 Å². The third-order valence-corrected chi connectivity index (χ3v) is 20.3. The highest BCUT2D eigenvalue weighted by Crippen LogP contribution is 2.51. The van der Waals surface area contributed by atoms with E-state index in [0.717, 1.165) is 0 Å². The summed E-state index contributed by atoms with van der Waals surface area (Å²) in [5, 5.41) is 16.6. The molecule has 1 N–H and O–H groups in total. The Kier molecular flexibility index (Phi) is 8.61. The average Bonchev–Trinajstić information content (AvgIpc) is 3.49. The first-order chi connectivity index (χ1) is 21.4. The molecule has 1 heterocycles. The number of ether oxygens (including phenoxy) is 1. The molecule has 0 aromatic heterocycles. The van der Waals surface area contributed by atoms with E-state index in [4.69, 9.17) is 13.6 Å². The topological polar surface area (TPSA) is 47.9 Å². The summed E-state index contributed by atoms with van der Waals surface area (Å²) in [7, 11) is -5.63. The number of fused-ring (bicyclic) bond motifs is 2. The third kappa shape index (κ3) is 5.39. The van der Waals surface area contributed by atoms with Crippen LogP contribution in [0.3, 0.4) is 0 Å². The number of rotatable bonds is 9. The van der Waals surface area contributed by atoms with E-state index in [-0.39, 0.29) is 16.2 Å². The van der Waals surface area contributed by atoms with Gasteiger partial charge in [-0.15, -0.1) is 0 Å². The van der Waals surface area contributed by atoms with Gasteiger partial charge >= 0.3 is 0 Å². The van der Waals surface area contributed by atoms with Crippen molar-refractivity contribution in [3.8, 4) is 0 Å². The Bertz CT molecular complexity index is 1470. The molecule has 0 spiro atoms. The molecular formula is C39H48O4Si2. The molecule has 1 saturated heterocycles. The molecule has 4 nitrogen and oxygen atoms in total. The molecule has 0 radical (unpaired) electrons. The van der Waals surface area contributed by atoms with Gasteiger partial charge in [0, 0.05) is 12.0 Å².